The maximum Gasteiger partial charge on any atom is 0.257 e. The number of fused-ring (bicyclic) bond motifs is 1. The van der Waals surface area contributed by atoms with Crippen molar-refractivity contribution in [2.24, 2.45) is 0 Å². The van der Waals surface area contributed by atoms with Gasteiger partial charge >= 0.3 is 0 Å². The molecule has 2 heterocycles. The average molecular weight is 427 g/mol. The molecule has 4 rings (SSSR count). The van der Waals surface area contributed by atoms with Crippen LogP contribution in [0, 0.1) is 0 Å². The van der Waals surface area contributed by atoms with Crippen LogP contribution >= 0.6 is 12.2 Å². The Morgan fingerprint density at radius 2 is 1.70 bits per heavy atom. The predicted octanol–water partition coefficient (Wildman–Crippen LogP) is 2.73. The van der Waals surface area contributed by atoms with E-state index >= 15 is 0 Å². The van der Waals surface area contributed by atoms with Crippen molar-refractivity contribution < 1.29 is 14.3 Å². The van der Waals surface area contributed by atoms with Gasteiger partial charge in [-0.3, -0.25) is 10.1 Å². The van der Waals surface area contributed by atoms with Crippen LogP contribution in [0.5, 0.6) is 11.5 Å². The Labute approximate surface area is 181 Å². The number of rotatable bonds is 4. The standard InChI is InChI=1S/C22H26N4O3S/c1-2-25-9-11-26(12-10-25)18-6-4-17(5-7-18)23-22(30)24-21(27)16-3-8-19-20(15-16)29-14-13-28-19/h3-8,15H,2,9-14H2,1H3,(H2,23,24,27,30). The van der Waals surface area contributed by atoms with Gasteiger partial charge in [-0.05, 0) is 61.2 Å². The molecule has 2 aliphatic rings. The number of benzene rings is 2. The molecule has 0 saturated carbocycles. The van der Waals surface area contributed by atoms with Crippen molar-refractivity contribution in [2.45, 2.75) is 6.92 Å². The quantitative estimate of drug-likeness (QED) is 0.729. The number of piperazine rings is 1. The van der Waals surface area contributed by atoms with Crippen LogP contribution in [0.25, 0.3) is 0 Å². The van der Waals surface area contributed by atoms with Crippen LogP contribution in [0.4, 0.5) is 11.4 Å². The summed E-state index contributed by atoms with van der Waals surface area (Å²) in [5, 5.41) is 6.03. The van der Waals surface area contributed by atoms with Crippen molar-refractivity contribution in [3.05, 3.63) is 48.0 Å². The molecule has 1 amide bonds. The Bertz CT molecular complexity index is 911. The van der Waals surface area contributed by atoms with E-state index in [9.17, 15) is 4.79 Å². The summed E-state index contributed by atoms with van der Waals surface area (Å²) in [5.41, 5.74) is 2.49. The van der Waals surface area contributed by atoms with E-state index in [1.165, 1.54) is 5.69 Å². The first-order chi connectivity index (χ1) is 14.6. The zero-order valence-corrected chi connectivity index (χ0v) is 17.8. The number of thiocarbonyl (C=S) groups is 1. The summed E-state index contributed by atoms with van der Waals surface area (Å²) < 4.78 is 11.0. The Kier molecular flexibility index (Phi) is 6.35. The van der Waals surface area contributed by atoms with Gasteiger partial charge in [-0.2, -0.15) is 0 Å². The lowest BCUT2D eigenvalue weighted by Gasteiger charge is -2.35. The van der Waals surface area contributed by atoms with Gasteiger partial charge in [0.2, 0.25) is 0 Å². The Hall–Kier alpha value is -2.84. The summed E-state index contributed by atoms with van der Waals surface area (Å²) in [7, 11) is 0. The van der Waals surface area contributed by atoms with Crippen molar-refractivity contribution in [1.82, 2.24) is 10.2 Å². The fourth-order valence-corrected chi connectivity index (χ4v) is 3.81. The number of anilines is 2. The molecular formula is C22H26N4O3S. The first kappa shape index (κ1) is 20.4. The van der Waals surface area contributed by atoms with Gasteiger partial charge in [-0.25, -0.2) is 0 Å². The fraction of sp³-hybridized carbons (Fsp3) is 0.364. The molecule has 0 radical (unpaired) electrons. The summed E-state index contributed by atoms with van der Waals surface area (Å²) in [6.45, 7) is 8.54. The molecule has 0 bridgehead atoms. The molecule has 0 aliphatic carbocycles. The van der Waals surface area contributed by atoms with Gasteiger partial charge in [0.05, 0.1) is 0 Å². The van der Waals surface area contributed by atoms with E-state index in [0.717, 1.165) is 38.4 Å². The van der Waals surface area contributed by atoms with E-state index in [0.29, 0.717) is 30.3 Å². The average Bonchev–Trinajstić information content (AvgIpc) is 2.79. The summed E-state index contributed by atoms with van der Waals surface area (Å²) in [6, 6.07) is 13.2. The Morgan fingerprint density at radius 3 is 2.40 bits per heavy atom. The van der Waals surface area contributed by atoms with Crippen LogP contribution < -0.4 is 25.0 Å². The largest absolute Gasteiger partial charge is 0.486 e. The minimum Gasteiger partial charge on any atom is -0.486 e. The maximum atomic E-state index is 12.5. The first-order valence-electron chi connectivity index (χ1n) is 10.2. The molecule has 1 fully saturated rings. The molecule has 2 aliphatic heterocycles. The highest BCUT2D eigenvalue weighted by Crippen LogP contribution is 2.30. The van der Waals surface area contributed by atoms with Crippen LogP contribution in [0.2, 0.25) is 0 Å². The third kappa shape index (κ3) is 4.83. The topological polar surface area (TPSA) is 66.1 Å². The number of nitrogens with one attached hydrogen (secondary N) is 2. The highest BCUT2D eigenvalue weighted by molar-refractivity contribution is 7.80. The van der Waals surface area contributed by atoms with Gasteiger partial charge in [0.15, 0.2) is 16.6 Å². The second kappa shape index (κ2) is 9.32. The van der Waals surface area contributed by atoms with Crippen LogP contribution in [0.3, 0.4) is 0 Å². The van der Waals surface area contributed by atoms with E-state index in [4.69, 9.17) is 21.7 Å². The number of hydrogen-bond donors (Lipinski definition) is 2. The molecule has 0 aromatic heterocycles. The number of hydrogen-bond acceptors (Lipinski definition) is 6. The van der Waals surface area contributed by atoms with Crippen molar-refractivity contribution in [1.29, 1.82) is 0 Å². The second-order valence-corrected chi connectivity index (χ2v) is 7.64. The molecule has 0 spiro atoms. The monoisotopic (exact) mass is 426 g/mol. The number of nitrogens with zero attached hydrogens (tertiary/aromatic N) is 2. The molecule has 30 heavy (non-hydrogen) atoms. The number of carbonyl (C=O) groups is 1. The maximum absolute atomic E-state index is 12.5. The lowest BCUT2D eigenvalue weighted by molar-refractivity contribution is 0.0976. The van der Waals surface area contributed by atoms with Crippen molar-refractivity contribution in [3.63, 3.8) is 0 Å². The molecule has 1 saturated heterocycles. The van der Waals surface area contributed by atoms with E-state index in [1.807, 2.05) is 12.1 Å². The molecule has 0 unspecified atom stereocenters. The predicted molar refractivity (Wildman–Crippen MR) is 122 cm³/mol. The van der Waals surface area contributed by atoms with Crippen molar-refractivity contribution >= 4 is 34.6 Å². The fourth-order valence-electron chi connectivity index (χ4n) is 3.60. The third-order valence-corrected chi connectivity index (χ3v) is 5.55. The molecule has 2 aromatic rings. The minimum absolute atomic E-state index is 0.249. The molecule has 0 atom stereocenters. The Balaban J connectivity index is 1.31. The summed E-state index contributed by atoms with van der Waals surface area (Å²) in [6.07, 6.45) is 0. The van der Waals surface area contributed by atoms with E-state index in [2.05, 4.69) is 39.5 Å². The molecule has 8 heteroatoms. The lowest BCUT2D eigenvalue weighted by Crippen LogP contribution is -2.46. The smallest absolute Gasteiger partial charge is 0.257 e. The normalized spacial score (nSPS) is 16.1. The molecular weight excluding hydrogens is 400 g/mol. The van der Waals surface area contributed by atoms with Crippen molar-refractivity contribution in [3.8, 4) is 11.5 Å². The van der Waals surface area contributed by atoms with E-state index in [1.54, 1.807) is 18.2 Å². The third-order valence-electron chi connectivity index (χ3n) is 5.34. The number of carbonyl (C=O) groups excluding carboxylic acids is 1. The van der Waals surface area contributed by atoms with Crippen LogP contribution in [0.1, 0.15) is 17.3 Å². The number of ether oxygens (including phenoxy) is 2. The Morgan fingerprint density at radius 1 is 1.00 bits per heavy atom. The summed E-state index contributed by atoms with van der Waals surface area (Å²) in [5.74, 6) is 0.924. The second-order valence-electron chi connectivity index (χ2n) is 7.23. The summed E-state index contributed by atoms with van der Waals surface area (Å²) in [4.78, 5) is 17.3. The first-order valence-corrected chi connectivity index (χ1v) is 10.6. The van der Waals surface area contributed by atoms with Crippen LogP contribution in [-0.2, 0) is 0 Å². The minimum atomic E-state index is -0.296. The van der Waals surface area contributed by atoms with Gasteiger partial charge in [-0.1, -0.05) is 6.92 Å². The van der Waals surface area contributed by atoms with Gasteiger partial charge < -0.3 is 24.6 Å². The van der Waals surface area contributed by atoms with Crippen LogP contribution in [-0.4, -0.2) is 61.9 Å². The van der Waals surface area contributed by atoms with Gasteiger partial charge in [0, 0.05) is 43.1 Å². The lowest BCUT2D eigenvalue weighted by atomic mass is 10.2. The molecule has 7 nitrogen and oxygen atoms in total. The van der Waals surface area contributed by atoms with Gasteiger partial charge in [0.1, 0.15) is 13.2 Å². The highest BCUT2D eigenvalue weighted by atomic mass is 32.1. The van der Waals surface area contributed by atoms with E-state index in [-0.39, 0.29) is 11.0 Å². The van der Waals surface area contributed by atoms with Gasteiger partial charge in [-0.15, -0.1) is 0 Å². The summed E-state index contributed by atoms with van der Waals surface area (Å²) >= 11 is 5.30. The number of likely N-dealkylation sites (N-methyl/N-ethyl adjacent to an activating group) is 1. The van der Waals surface area contributed by atoms with E-state index < -0.39 is 0 Å². The highest BCUT2D eigenvalue weighted by Gasteiger charge is 2.17. The zero-order chi connectivity index (χ0) is 20.9. The SMILES string of the molecule is CCN1CCN(c2ccc(NC(=S)NC(=O)c3ccc4c(c3)OCCO4)cc2)CC1. The number of amides is 1. The van der Waals surface area contributed by atoms with Crippen LogP contribution in [0.15, 0.2) is 42.5 Å². The van der Waals surface area contributed by atoms with Gasteiger partial charge in [0.25, 0.3) is 5.91 Å². The van der Waals surface area contributed by atoms with Crippen molar-refractivity contribution in [2.75, 3.05) is 56.2 Å². The zero-order valence-electron chi connectivity index (χ0n) is 17.0. The molecule has 158 valence electrons. The molecule has 2 N–H and O–H groups in total. The molecule has 2 aromatic carbocycles.